The Morgan fingerprint density at radius 2 is 1.73 bits per heavy atom. The van der Waals surface area contributed by atoms with Gasteiger partial charge in [0.1, 0.15) is 18.1 Å². The van der Waals surface area contributed by atoms with Gasteiger partial charge in [-0.1, -0.05) is 34.1 Å². The van der Waals surface area contributed by atoms with E-state index in [1.165, 1.54) is 0 Å². The van der Waals surface area contributed by atoms with Crippen molar-refractivity contribution in [2.24, 2.45) is 5.10 Å². The molecule has 0 atom stereocenters. The first-order valence-corrected chi connectivity index (χ1v) is 12.4. The minimum absolute atomic E-state index is 0.150. The molecule has 170 valence electrons. The lowest BCUT2D eigenvalue weighted by molar-refractivity contribution is -0.123. The fourth-order valence-electron chi connectivity index (χ4n) is 2.61. The molecule has 0 aliphatic rings. The molecular formula is C23H17BrI2N2O5. The average molecular weight is 735 g/mol. The molecule has 3 aromatic carbocycles. The van der Waals surface area contributed by atoms with Crippen molar-refractivity contribution in [1.82, 2.24) is 5.43 Å². The highest BCUT2D eigenvalue weighted by Gasteiger charge is 2.10. The number of carbonyl (C=O) groups is 2. The topological polar surface area (TPSA) is 97.2 Å². The second-order valence-corrected chi connectivity index (χ2v) is 9.88. The van der Waals surface area contributed by atoms with E-state index in [0.717, 1.165) is 28.5 Å². The van der Waals surface area contributed by atoms with Gasteiger partial charge in [0.2, 0.25) is 0 Å². The predicted octanol–water partition coefficient (Wildman–Crippen LogP) is 5.46. The molecule has 10 heteroatoms. The van der Waals surface area contributed by atoms with Gasteiger partial charge in [0.15, 0.2) is 6.61 Å². The van der Waals surface area contributed by atoms with E-state index in [1.807, 2.05) is 24.3 Å². The summed E-state index contributed by atoms with van der Waals surface area (Å²) in [4.78, 5) is 22.9. The van der Waals surface area contributed by atoms with Crippen molar-refractivity contribution < 1.29 is 24.2 Å². The standard InChI is InChI=1S/C23H17BrI2N2O5/c24-17-2-1-3-18(10-17)32-13-21(29)28-27-11-15-8-19(25)22(20(26)9-15)33-12-14-4-6-16(7-5-14)23(30)31/h1-11H,12-13H2,(H,28,29)(H,30,31)/b27-11+. The molecule has 0 saturated carbocycles. The van der Waals surface area contributed by atoms with Crippen molar-refractivity contribution in [3.05, 3.63) is 89.0 Å². The average Bonchev–Trinajstić information content (AvgIpc) is 2.77. The number of benzene rings is 3. The Balaban J connectivity index is 1.53. The lowest BCUT2D eigenvalue weighted by Gasteiger charge is -2.11. The van der Waals surface area contributed by atoms with E-state index in [2.05, 4.69) is 71.6 Å². The summed E-state index contributed by atoms with van der Waals surface area (Å²) in [6, 6.07) is 17.6. The zero-order chi connectivity index (χ0) is 23.8. The van der Waals surface area contributed by atoms with Crippen molar-refractivity contribution in [3.8, 4) is 11.5 Å². The van der Waals surface area contributed by atoms with Crippen LogP contribution in [0.1, 0.15) is 21.5 Å². The van der Waals surface area contributed by atoms with Gasteiger partial charge in [-0.15, -0.1) is 0 Å². The number of carbonyl (C=O) groups excluding carboxylic acids is 1. The zero-order valence-corrected chi connectivity index (χ0v) is 22.8. The lowest BCUT2D eigenvalue weighted by atomic mass is 10.1. The monoisotopic (exact) mass is 734 g/mol. The molecule has 0 aromatic heterocycles. The highest BCUT2D eigenvalue weighted by atomic mass is 127. The van der Waals surface area contributed by atoms with Gasteiger partial charge in [-0.2, -0.15) is 5.10 Å². The molecule has 0 aliphatic carbocycles. The first-order chi connectivity index (χ1) is 15.8. The number of halogens is 3. The van der Waals surface area contributed by atoms with Crippen LogP contribution in [-0.4, -0.2) is 29.8 Å². The molecule has 0 unspecified atom stereocenters. The number of nitrogens with zero attached hydrogens (tertiary/aromatic N) is 1. The molecular weight excluding hydrogens is 718 g/mol. The van der Waals surface area contributed by atoms with Gasteiger partial charge in [-0.3, -0.25) is 4.79 Å². The molecule has 2 N–H and O–H groups in total. The van der Waals surface area contributed by atoms with Crippen LogP contribution in [0.25, 0.3) is 0 Å². The summed E-state index contributed by atoms with van der Waals surface area (Å²) in [5, 5.41) is 13.0. The second kappa shape index (κ2) is 12.3. The third kappa shape index (κ3) is 7.96. The SMILES string of the molecule is O=C(COc1cccc(Br)c1)N/N=C/c1cc(I)c(OCc2ccc(C(=O)O)cc2)c(I)c1. The summed E-state index contributed by atoms with van der Waals surface area (Å²) in [6.07, 6.45) is 1.55. The number of hydrogen-bond donors (Lipinski definition) is 2. The Labute approximate surface area is 226 Å². The molecule has 3 rings (SSSR count). The summed E-state index contributed by atoms with van der Waals surface area (Å²) >= 11 is 7.70. The van der Waals surface area contributed by atoms with Crippen molar-refractivity contribution >= 4 is 79.2 Å². The maximum atomic E-state index is 11.9. The summed E-state index contributed by atoms with van der Waals surface area (Å²) in [6.45, 7) is 0.163. The number of amides is 1. The number of rotatable bonds is 9. The number of ether oxygens (including phenoxy) is 2. The van der Waals surface area contributed by atoms with Gasteiger partial charge < -0.3 is 14.6 Å². The van der Waals surface area contributed by atoms with Crippen molar-refractivity contribution in [3.63, 3.8) is 0 Å². The normalized spacial score (nSPS) is 10.8. The molecule has 0 saturated heterocycles. The van der Waals surface area contributed by atoms with Crippen LogP contribution in [0.2, 0.25) is 0 Å². The number of hydrazone groups is 1. The fourth-order valence-corrected chi connectivity index (χ4v) is 5.11. The largest absolute Gasteiger partial charge is 0.487 e. The fraction of sp³-hybridized carbons (Fsp3) is 0.0870. The molecule has 33 heavy (non-hydrogen) atoms. The molecule has 0 spiro atoms. The number of aromatic carboxylic acids is 1. The molecule has 3 aromatic rings. The Morgan fingerprint density at radius 3 is 2.36 bits per heavy atom. The molecule has 0 heterocycles. The number of carboxylic acids is 1. The quantitative estimate of drug-likeness (QED) is 0.173. The van der Waals surface area contributed by atoms with E-state index in [9.17, 15) is 9.59 Å². The van der Waals surface area contributed by atoms with Crippen LogP contribution in [0.3, 0.4) is 0 Å². The first kappa shape index (κ1) is 25.4. The maximum Gasteiger partial charge on any atom is 0.335 e. The summed E-state index contributed by atoms with van der Waals surface area (Å²) in [5.41, 5.74) is 4.35. The van der Waals surface area contributed by atoms with Crippen LogP contribution in [0.4, 0.5) is 0 Å². The van der Waals surface area contributed by atoms with E-state index in [4.69, 9.17) is 14.6 Å². The third-order valence-corrected chi connectivity index (χ3v) is 6.27. The Bertz CT molecular complexity index is 1160. The van der Waals surface area contributed by atoms with E-state index in [0.29, 0.717) is 12.4 Å². The Hall–Kier alpha value is -2.19. The van der Waals surface area contributed by atoms with Crippen LogP contribution in [0, 0.1) is 7.14 Å². The van der Waals surface area contributed by atoms with E-state index >= 15 is 0 Å². The van der Waals surface area contributed by atoms with E-state index < -0.39 is 5.97 Å². The number of nitrogens with one attached hydrogen (secondary N) is 1. The van der Waals surface area contributed by atoms with Gasteiger partial charge in [-0.25, -0.2) is 10.2 Å². The van der Waals surface area contributed by atoms with Crippen LogP contribution in [0.15, 0.2) is 70.2 Å². The van der Waals surface area contributed by atoms with Crippen LogP contribution in [-0.2, 0) is 11.4 Å². The van der Waals surface area contributed by atoms with Gasteiger partial charge in [0, 0.05) is 4.47 Å². The molecule has 7 nitrogen and oxygen atoms in total. The minimum Gasteiger partial charge on any atom is -0.487 e. The molecule has 1 amide bonds. The summed E-state index contributed by atoms with van der Waals surface area (Å²) < 4.78 is 14.0. The van der Waals surface area contributed by atoms with Gasteiger partial charge >= 0.3 is 5.97 Å². The first-order valence-electron chi connectivity index (χ1n) is 9.46. The van der Waals surface area contributed by atoms with Crippen molar-refractivity contribution in [2.75, 3.05) is 6.61 Å². The Kier molecular flexibility index (Phi) is 9.50. The number of hydrogen-bond acceptors (Lipinski definition) is 5. The summed E-state index contributed by atoms with van der Waals surface area (Å²) in [7, 11) is 0. The van der Waals surface area contributed by atoms with Crippen molar-refractivity contribution in [1.29, 1.82) is 0 Å². The van der Waals surface area contributed by atoms with Gasteiger partial charge in [0.25, 0.3) is 5.91 Å². The van der Waals surface area contributed by atoms with E-state index in [1.54, 1.807) is 42.6 Å². The predicted molar refractivity (Wildman–Crippen MR) is 145 cm³/mol. The molecule has 0 radical (unpaired) electrons. The molecule has 0 fully saturated rings. The number of carboxylic acid groups (broad SMARTS) is 1. The summed E-state index contributed by atoms with van der Waals surface area (Å²) in [5.74, 6) is -0.0235. The smallest absolute Gasteiger partial charge is 0.335 e. The maximum absolute atomic E-state index is 11.9. The van der Waals surface area contributed by atoms with Crippen LogP contribution >= 0.6 is 61.1 Å². The third-order valence-electron chi connectivity index (χ3n) is 4.17. The second-order valence-electron chi connectivity index (χ2n) is 6.64. The molecule has 0 bridgehead atoms. The Morgan fingerprint density at radius 1 is 1.03 bits per heavy atom. The highest BCUT2D eigenvalue weighted by molar-refractivity contribution is 14.1. The zero-order valence-electron chi connectivity index (χ0n) is 16.9. The van der Waals surface area contributed by atoms with E-state index in [-0.39, 0.29) is 18.1 Å². The lowest BCUT2D eigenvalue weighted by Crippen LogP contribution is -2.24. The van der Waals surface area contributed by atoms with Crippen LogP contribution < -0.4 is 14.9 Å². The van der Waals surface area contributed by atoms with Gasteiger partial charge in [-0.05, 0) is 98.8 Å². The van der Waals surface area contributed by atoms with Crippen LogP contribution in [0.5, 0.6) is 11.5 Å². The highest BCUT2D eigenvalue weighted by Crippen LogP contribution is 2.29. The molecule has 0 aliphatic heterocycles. The van der Waals surface area contributed by atoms with Gasteiger partial charge in [0.05, 0.1) is 18.9 Å². The van der Waals surface area contributed by atoms with Crippen molar-refractivity contribution in [2.45, 2.75) is 6.61 Å². The minimum atomic E-state index is -0.961.